The third-order valence-corrected chi connectivity index (χ3v) is 17.2. The van der Waals surface area contributed by atoms with Crippen molar-refractivity contribution in [1.82, 2.24) is 4.90 Å². The predicted octanol–water partition coefficient (Wildman–Crippen LogP) is 5.93. The largest absolute Gasteiger partial charge is 0.467 e. The number of nitrogens with zero attached hydrogens (tertiary/aromatic N) is 4. The lowest BCUT2D eigenvalue weighted by Gasteiger charge is -2.50. The molecule has 510 valence electrons. The molecule has 0 aromatic heterocycles. The Hall–Kier alpha value is -6.01. The van der Waals surface area contributed by atoms with Gasteiger partial charge in [0.1, 0.15) is 37.1 Å². The van der Waals surface area contributed by atoms with Crippen LogP contribution in [0.2, 0.25) is 0 Å². The molecule has 4 aliphatic rings. The first-order valence-corrected chi connectivity index (χ1v) is 32.7. The maximum atomic E-state index is 14.0. The topological polar surface area (TPSA) is 388 Å². The van der Waals surface area contributed by atoms with Gasteiger partial charge in [0.2, 0.25) is 0 Å². The number of unbranched alkanes of at least 4 members (excludes halogenated alkanes) is 2. The van der Waals surface area contributed by atoms with Crippen LogP contribution in [0.3, 0.4) is 0 Å². The zero-order valence-corrected chi connectivity index (χ0v) is 53.7. The fourth-order valence-electron chi connectivity index (χ4n) is 11.3. The molecule has 4 fully saturated rings. The lowest BCUT2D eigenvalue weighted by molar-refractivity contribution is -0.363. The van der Waals surface area contributed by atoms with Crippen LogP contribution in [0.4, 0.5) is 4.79 Å². The van der Waals surface area contributed by atoms with E-state index in [9.17, 15) is 55.8 Å². The van der Waals surface area contributed by atoms with Crippen LogP contribution in [0.5, 0.6) is 0 Å². The van der Waals surface area contributed by atoms with Gasteiger partial charge in [0.25, 0.3) is 0 Å². The van der Waals surface area contributed by atoms with Gasteiger partial charge < -0.3 is 71.6 Å². The van der Waals surface area contributed by atoms with Gasteiger partial charge in [0, 0.05) is 50.3 Å². The molecule has 4 heterocycles. The van der Waals surface area contributed by atoms with Crippen molar-refractivity contribution in [3.63, 3.8) is 0 Å². The first kappa shape index (κ1) is 73.4. The molecule has 0 saturated carbocycles. The van der Waals surface area contributed by atoms with Gasteiger partial charge in [-0.05, 0) is 60.2 Å². The van der Waals surface area contributed by atoms with Crippen molar-refractivity contribution in [2.24, 2.45) is 28.8 Å². The van der Waals surface area contributed by atoms with Gasteiger partial charge in [-0.15, -0.1) is 0 Å². The Balaban J connectivity index is 1.07. The summed E-state index contributed by atoms with van der Waals surface area (Å²) in [7, 11) is -9.25. The molecule has 3 aromatic rings. The first-order valence-electron chi connectivity index (χ1n) is 30.0. The zero-order valence-electron chi connectivity index (χ0n) is 52.1. The second-order valence-electron chi connectivity index (χ2n) is 22.9. The number of aliphatic hydroxyl groups excluding tert-OH is 1. The molecule has 32 heteroatoms. The summed E-state index contributed by atoms with van der Waals surface area (Å²) in [4.78, 5) is 57.6. The van der Waals surface area contributed by atoms with E-state index in [0.717, 1.165) is 32.1 Å². The Labute approximate surface area is 534 Å². The molecule has 0 bridgehead atoms. The van der Waals surface area contributed by atoms with Gasteiger partial charge in [0.15, 0.2) is 43.5 Å². The summed E-state index contributed by atoms with van der Waals surface area (Å²) in [5, 5.41) is 15.3. The summed E-state index contributed by atoms with van der Waals surface area (Å²) in [5.41, 5.74) is 12.5. The van der Waals surface area contributed by atoms with Crippen LogP contribution in [0.1, 0.15) is 84.4 Å². The SMILES string of the molecule is COC(=O)C1O[C@@H](O[C@@H]2C(COS(=O)(=O)O)O[C@H](OCCCCCN(Cc3ccccc3)C(=O)OCc3ccccc3)C(C)[C@H]2C)C(OC(C)=O)[C@@H](C)[C@@H]1O[C@H]1OC(COS(=O)(=O)O)[C@@H](O[C@@H]2OC(C)[C@@H](O)[C@@H](OCc3ccccc3)C2OC(C)=O)[C@H](C)C1N=[N+]=[N-]. The van der Waals surface area contributed by atoms with E-state index in [1.807, 2.05) is 60.7 Å². The van der Waals surface area contributed by atoms with Gasteiger partial charge in [-0.1, -0.05) is 124 Å². The molecule has 30 nitrogen and oxygen atoms in total. The minimum Gasteiger partial charge on any atom is -0.467 e. The monoisotopic (exact) mass is 1340 g/mol. The number of amides is 1. The summed E-state index contributed by atoms with van der Waals surface area (Å²) in [6.07, 6.45) is -20.6. The van der Waals surface area contributed by atoms with Crippen molar-refractivity contribution in [3.8, 4) is 0 Å². The van der Waals surface area contributed by atoms with E-state index in [4.69, 9.17) is 69.9 Å². The lowest BCUT2D eigenvalue weighted by Crippen LogP contribution is -2.65. The zero-order chi connectivity index (χ0) is 66.9. The van der Waals surface area contributed by atoms with Gasteiger partial charge >= 0.3 is 44.8 Å². The van der Waals surface area contributed by atoms with E-state index in [0.29, 0.717) is 37.9 Å². The molecule has 8 unspecified atom stereocenters. The van der Waals surface area contributed by atoms with E-state index in [1.54, 1.807) is 49.1 Å². The standard InChI is InChI=1S/C60H82N4O26S2/c1-34-35(2)56(77-28-20-12-19-27-64(29-41-21-13-9-14-22-41)60(69)79-31-43-25-17-11-18-26-43)85-44(32-80-91(70,71)72)48(34)87-58-51(83-39(6)65)37(4)50(53(90-58)55(68)76-8)89-57-46(62-63-61)36(3)49(45(86-57)33-81-92(73,74)75)88-59-54(84-40(7)66)52(47(67)38(5)82-59)78-30-42-23-15-10-16-24-42/h9-11,13-18,21-26,34-38,44-54,56-59,67H,12,19-20,27-33H2,1-8H3,(H,70,71,72)(H,73,74,75)/t34-,35?,36-,37+,38?,44?,45?,46?,47-,48+,49+,50+,51?,52-,53?,54?,56+,57-,58-,59+/m1/s1. The molecule has 20 atom stereocenters. The predicted molar refractivity (Wildman–Crippen MR) is 317 cm³/mol. The normalized spacial score (nSPS) is 31.7. The van der Waals surface area contributed by atoms with Crippen molar-refractivity contribution in [2.75, 3.05) is 33.5 Å². The van der Waals surface area contributed by atoms with Crippen LogP contribution >= 0.6 is 0 Å². The second kappa shape index (κ2) is 34.4. The quantitative estimate of drug-likeness (QED) is 0.0132. The van der Waals surface area contributed by atoms with Crippen LogP contribution < -0.4 is 0 Å². The van der Waals surface area contributed by atoms with Crippen LogP contribution in [-0.2, 0) is 125 Å². The molecular weight excluding hydrogens is 1260 g/mol. The number of rotatable bonds is 30. The summed E-state index contributed by atoms with van der Waals surface area (Å²) in [5.74, 6) is -6.25. The number of azide groups is 1. The fraction of sp³-hybridized carbons (Fsp3) is 0.633. The molecule has 3 N–H and O–H groups in total. The number of carbonyl (C=O) groups is 4. The summed E-state index contributed by atoms with van der Waals surface area (Å²) >= 11 is 0. The second-order valence-corrected chi connectivity index (χ2v) is 25.1. The van der Waals surface area contributed by atoms with Crippen molar-refractivity contribution in [3.05, 3.63) is 118 Å². The van der Waals surface area contributed by atoms with E-state index < -0.39 is 180 Å². The number of aliphatic hydroxyl groups is 1. The number of hydrogen-bond acceptors (Lipinski definition) is 25. The average Bonchev–Trinajstić information content (AvgIpc) is 0.792. The van der Waals surface area contributed by atoms with Gasteiger partial charge in [0.05, 0.1) is 51.3 Å². The third-order valence-electron chi connectivity index (χ3n) is 16.3. The molecule has 0 radical (unpaired) electrons. The Morgan fingerprint density at radius 1 is 0.587 bits per heavy atom. The molecule has 4 saturated heterocycles. The van der Waals surface area contributed by atoms with E-state index >= 15 is 0 Å². The summed E-state index contributed by atoms with van der Waals surface area (Å²) in [6, 6.07) is 26.2. The number of methoxy groups -OCH3 is 1. The number of benzene rings is 3. The number of esters is 3. The fourth-order valence-corrected chi connectivity index (χ4v) is 11.9. The average molecular weight is 1340 g/mol. The lowest BCUT2D eigenvalue weighted by atomic mass is 9.84. The van der Waals surface area contributed by atoms with Crippen LogP contribution in [0.25, 0.3) is 10.4 Å². The molecule has 4 aliphatic heterocycles. The molecule has 92 heavy (non-hydrogen) atoms. The maximum Gasteiger partial charge on any atom is 0.410 e. The van der Waals surface area contributed by atoms with Gasteiger partial charge in [-0.2, -0.15) is 16.8 Å². The van der Waals surface area contributed by atoms with Crippen LogP contribution in [0.15, 0.2) is 96.1 Å². The third kappa shape index (κ3) is 21.0. The van der Waals surface area contributed by atoms with Gasteiger partial charge in [-0.25, -0.2) is 18.0 Å². The first-order chi connectivity index (χ1) is 43.7. The molecule has 1 amide bonds. The van der Waals surface area contributed by atoms with E-state index in [2.05, 4.69) is 10.0 Å². The minimum atomic E-state index is -5.21. The minimum absolute atomic E-state index is 0.0546. The Bertz CT molecular complexity index is 3120. The number of hydrogen-bond donors (Lipinski definition) is 3. The van der Waals surface area contributed by atoms with Crippen LogP contribution in [-0.4, -0.2) is 192 Å². The maximum absolute atomic E-state index is 14.0. The highest BCUT2D eigenvalue weighted by atomic mass is 32.3. The summed E-state index contributed by atoms with van der Waals surface area (Å²) in [6.45, 7) is 9.24. The Morgan fingerprint density at radius 3 is 1.66 bits per heavy atom. The van der Waals surface area contributed by atoms with E-state index in [1.165, 1.54) is 20.8 Å². The smallest absolute Gasteiger partial charge is 0.410 e. The highest BCUT2D eigenvalue weighted by molar-refractivity contribution is 7.81. The molecule has 0 aliphatic carbocycles. The number of ether oxygens (including phenoxy) is 13. The molecular formula is C60H82N4O26S2. The Kier molecular flexibility index (Phi) is 27.5. The van der Waals surface area contributed by atoms with E-state index in [-0.39, 0.29) is 19.8 Å². The molecule has 7 rings (SSSR count). The van der Waals surface area contributed by atoms with Crippen molar-refractivity contribution in [1.29, 1.82) is 0 Å². The molecule has 0 spiro atoms. The van der Waals surface area contributed by atoms with Crippen molar-refractivity contribution >= 4 is 44.8 Å². The van der Waals surface area contributed by atoms with Crippen molar-refractivity contribution in [2.45, 2.75) is 186 Å². The number of carbonyl (C=O) groups excluding carboxylic acids is 4. The highest BCUT2D eigenvalue weighted by Crippen LogP contribution is 2.42. The van der Waals surface area contributed by atoms with Gasteiger partial charge in [-0.3, -0.25) is 18.7 Å². The highest BCUT2D eigenvalue weighted by Gasteiger charge is 2.57. The van der Waals surface area contributed by atoms with Crippen LogP contribution in [0, 0.1) is 23.7 Å². The van der Waals surface area contributed by atoms with Crippen molar-refractivity contribution < 1.29 is 120 Å². The summed E-state index contributed by atoms with van der Waals surface area (Å²) < 4.78 is 157. The molecule has 3 aromatic carbocycles. The Morgan fingerprint density at radius 2 is 1.11 bits per heavy atom.